The lowest BCUT2D eigenvalue weighted by Crippen LogP contribution is -2.44. The van der Waals surface area contributed by atoms with Gasteiger partial charge in [-0.25, -0.2) is 4.98 Å². The van der Waals surface area contributed by atoms with Crippen LogP contribution in [0.5, 0.6) is 0 Å². The fourth-order valence-electron chi connectivity index (χ4n) is 2.77. The predicted molar refractivity (Wildman–Crippen MR) is 126 cm³/mol. The lowest BCUT2D eigenvalue weighted by molar-refractivity contribution is -0.118. The van der Waals surface area contributed by atoms with Crippen LogP contribution in [0.3, 0.4) is 0 Å². The quantitative estimate of drug-likeness (QED) is 0.336. The zero-order valence-electron chi connectivity index (χ0n) is 17.1. The predicted octanol–water partition coefficient (Wildman–Crippen LogP) is 4.07. The normalized spacial score (nSPS) is 11.6. The van der Waals surface area contributed by atoms with Crippen LogP contribution in [0, 0.1) is 0 Å². The molecular formula is C22H24N4O3S2. The number of carbonyl (C=O) groups excluding carboxylic acids is 2. The molecule has 7 nitrogen and oxygen atoms in total. The standard InChI is InChI=1S/C22H24N4O3S2/c1-3-12-29-13-10-18(23-20(27)17-9-11-26(14-17)30-2)21(28)25-22-24-19(15-31-22)16-7-5-4-6-8-16/h3-9,11,14-15,18H,1,10,12-13H2,2H3,(H,23,27)(H,24,25,28). The second kappa shape index (κ2) is 11.5. The van der Waals surface area contributed by atoms with Crippen molar-refractivity contribution in [2.75, 3.05) is 24.8 Å². The number of anilines is 1. The molecular weight excluding hydrogens is 432 g/mol. The molecule has 9 heteroatoms. The lowest BCUT2D eigenvalue weighted by Gasteiger charge is -2.17. The van der Waals surface area contributed by atoms with Gasteiger partial charge < -0.3 is 15.4 Å². The van der Waals surface area contributed by atoms with Crippen LogP contribution in [0.1, 0.15) is 16.8 Å². The first-order valence-corrected chi connectivity index (χ1v) is 11.7. The van der Waals surface area contributed by atoms with E-state index in [2.05, 4.69) is 22.2 Å². The molecule has 2 heterocycles. The second-order valence-corrected chi connectivity index (χ2v) is 8.16. The molecule has 1 atom stereocenters. The molecule has 2 N–H and O–H groups in total. The summed E-state index contributed by atoms with van der Waals surface area (Å²) >= 11 is 2.81. The van der Waals surface area contributed by atoms with Crippen molar-refractivity contribution in [3.63, 3.8) is 0 Å². The summed E-state index contributed by atoms with van der Waals surface area (Å²) < 4.78 is 7.23. The van der Waals surface area contributed by atoms with E-state index in [-0.39, 0.29) is 11.8 Å². The highest BCUT2D eigenvalue weighted by molar-refractivity contribution is 7.97. The fourth-order valence-corrected chi connectivity index (χ4v) is 3.89. The summed E-state index contributed by atoms with van der Waals surface area (Å²) in [4.78, 5) is 30.0. The summed E-state index contributed by atoms with van der Waals surface area (Å²) in [5, 5.41) is 7.98. The molecule has 3 rings (SSSR count). The number of hydrogen-bond donors (Lipinski definition) is 2. The first-order valence-electron chi connectivity index (χ1n) is 9.64. The van der Waals surface area contributed by atoms with E-state index in [9.17, 15) is 9.59 Å². The van der Waals surface area contributed by atoms with Gasteiger partial charge in [0.25, 0.3) is 5.91 Å². The third-order valence-electron chi connectivity index (χ3n) is 4.35. The molecule has 162 valence electrons. The molecule has 0 saturated carbocycles. The van der Waals surface area contributed by atoms with Crippen molar-refractivity contribution in [3.8, 4) is 11.3 Å². The highest BCUT2D eigenvalue weighted by atomic mass is 32.2. The van der Waals surface area contributed by atoms with Gasteiger partial charge in [-0.05, 0) is 24.4 Å². The Bertz CT molecular complexity index is 1020. The largest absolute Gasteiger partial charge is 0.377 e. The maximum absolute atomic E-state index is 12.9. The number of rotatable bonds is 11. The molecule has 1 unspecified atom stereocenters. The number of benzene rings is 1. The van der Waals surface area contributed by atoms with Gasteiger partial charge in [0.15, 0.2) is 5.13 Å². The average molecular weight is 457 g/mol. The number of amides is 2. The van der Waals surface area contributed by atoms with Gasteiger partial charge in [-0.3, -0.25) is 13.6 Å². The molecule has 2 amide bonds. The van der Waals surface area contributed by atoms with Crippen LogP contribution in [0.4, 0.5) is 5.13 Å². The van der Waals surface area contributed by atoms with Crippen LogP contribution in [-0.2, 0) is 9.53 Å². The molecule has 0 fully saturated rings. The molecule has 0 radical (unpaired) electrons. The van der Waals surface area contributed by atoms with Gasteiger partial charge in [-0.1, -0.05) is 36.4 Å². The zero-order chi connectivity index (χ0) is 22.1. The Kier molecular flexibility index (Phi) is 8.45. The Hall–Kier alpha value is -2.88. The van der Waals surface area contributed by atoms with Crippen molar-refractivity contribution in [1.29, 1.82) is 0 Å². The first-order chi connectivity index (χ1) is 15.1. The number of nitrogens with zero attached hydrogens (tertiary/aromatic N) is 2. The highest BCUT2D eigenvalue weighted by Gasteiger charge is 2.23. The summed E-state index contributed by atoms with van der Waals surface area (Å²) in [6.45, 7) is 4.30. The Balaban J connectivity index is 1.67. The number of thiazole rings is 1. The summed E-state index contributed by atoms with van der Waals surface area (Å²) in [7, 11) is 0. The van der Waals surface area contributed by atoms with Gasteiger partial charge in [-0.15, -0.1) is 17.9 Å². The monoisotopic (exact) mass is 456 g/mol. The third-order valence-corrected chi connectivity index (χ3v) is 5.76. The van der Waals surface area contributed by atoms with Crippen molar-refractivity contribution in [2.24, 2.45) is 0 Å². The van der Waals surface area contributed by atoms with Crippen molar-refractivity contribution < 1.29 is 14.3 Å². The minimum Gasteiger partial charge on any atom is -0.377 e. The molecule has 0 bridgehead atoms. The van der Waals surface area contributed by atoms with Crippen molar-refractivity contribution >= 4 is 40.2 Å². The third kappa shape index (κ3) is 6.55. The van der Waals surface area contributed by atoms with Crippen molar-refractivity contribution in [1.82, 2.24) is 14.3 Å². The number of nitrogens with one attached hydrogen (secondary N) is 2. The number of carbonyl (C=O) groups is 2. The topological polar surface area (TPSA) is 85.2 Å². The zero-order valence-corrected chi connectivity index (χ0v) is 18.7. The molecule has 0 aliphatic heterocycles. The fraction of sp³-hybridized carbons (Fsp3) is 0.227. The summed E-state index contributed by atoms with van der Waals surface area (Å²) in [5.74, 6) is -0.658. The van der Waals surface area contributed by atoms with E-state index in [0.29, 0.717) is 30.3 Å². The Morgan fingerprint density at radius 2 is 2.13 bits per heavy atom. The molecule has 0 saturated heterocycles. The maximum Gasteiger partial charge on any atom is 0.253 e. The van der Waals surface area contributed by atoms with Crippen molar-refractivity contribution in [2.45, 2.75) is 12.5 Å². The minimum atomic E-state index is -0.765. The maximum atomic E-state index is 12.9. The average Bonchev–Trinajstić information content (AvgIpc) is 3.46. The van der Waals surface area contributed by atoms with Crippen LogP contribution < -0.4 is 10.6 Å². The van der Waals surface area contributed by atoms with Gasteiger partial charge in [0, 0.05) is 36.2 Å². The molecule has 0 aliphatic rings. The van der Waals surface area contributed by atoms with E-state index in [0.717, 1.165) is 11.3 Å². The van der Waals surface area contributed by atoms with Crippen LogP contribution in [0.2, 0.25) is 0 Å². The van der Waals surface area contributed by atoms with Gasteiger partial charge >= 0.3 is 0 Å². The lowest BCUT2D eigenvalue weighted by atomic mass is 10.2. The number of aromatic nitrogens is 2. The first kappa shape index (κ1) is 22.8. The minimum absolute atomic E-state index is 0.309. The van der Waals surface area contributed by atoms with E-state index in [1.807, 2.05) is 45.9 Å². The Morgan fingerprint density at radius 1 is 1.32 bits per heavy atom. The SMILES string of the molecule is C=CCOCCC(NC(=O)c1ccn(SC)c1)C(=O)Nc1nc(-c2ccccc2)cs1. The molecule has 0 aliphatic carbocycles. The molecule has 31 heavy (non-hydrogen) atoms. The second-order valence-electron chi connectivity index (χ2n) is 6.51. The van der Waals surface area contributed by atoms with Gasteiger partial charge in [0.2, 0.25) is 5.91 Å². The van der Waals surface area contributed by atoms with Gasteiger partial charge in [-0.2, -0.15) is 0 Å². The van der Waals surface area contributed by atoms with E-state index in [4.69, 9.17) is 4.74 Å². The van der Waals surface area contributed by atoms with Gasteiger partial charge in [0.1, 0.15) is 6.04 Å². The van der Waals surface area contributed by atoms with E-state index >= 15 is 0 Å². The van der Waals surface area contributed by atoms with E-state index in [1.54, 1.807) is 24.5 Å². The summed E-state index contributed by atoms with van der Waals surface area (Å²) in [6.07, 6.45) is 7.39. The Morgan fingerprint density at radius 3 is 2.84 bits per heavy atom. The summed E-state index contributed by atoms with van der Waals surface area (Å²) in [6, 6.07) is 10.7. The molecule has 0 spiro atoms. The highest BCUT2D eigenvalue weighted by Crippen LogP contribution is 2.24. The number of hydrogen-bond acceptors (Lipinski definition) is 6. The molecule has 1 aromatic carbocycles. The summed E-state index contributed by atoms with van der Waals surface area (Å²) in [5.41, 5.74) is 2.24. The van der Waals surface area contributed by atoms with Gasteiger partial charge in [0.05, 0.1) is 17.9 Å². The molecule has 3 aromatic rings. The smallest absolute Gasteiger partial charge is 0.253 e. The van der Waals surface area contributed by atoms with Crippen molar-refractivity contribution in [3.05, 3.63) is 72.4 Å². The van der Waals surface area contributed by atoms with Crippen LogP contribution >= 0.6 is 23.3 Å². The van der Waals surface area contributed by atoms with Crippen LogP contribution in [0.25, 0.3) is 11.3 Å². The van der Waals surface area contributed by atoms with E-state index in [1.165, 1.54) is 23.3 Å². The van der Waals surface area contributed by atoms with E-state index < -0.39 is 6.04 Å². The Labute approximate surface area is 189 Å². The van der Waals surface area contributed by atoms with Crippen LogP contribution in [-0.4, -0.2) is 46.3 Å². The molecule has 2 aromatic heterocycles. The number of ether oxygens (including phenoxy) is 1. The van der Waals surface area contributed by atoms with Crippen LogP contribution in [0.15, 0.2) is 66.8 Å².